The van der Waals surface area contributed by atoms with Crippen LogP contribution in [-0.2, 0) is 6.54 Å². The van der Waals surface area contributed by atoms with Crippen molar-refractivity contribution in [3.05, 3.63) is 17.5 Å². The monoisotopic (exact) mass is 250 g/mol. The first-order chi connectivity index (χ1) is 8.70. The second kappa shape index (κ2) is 6.00. The molecular formula is C13H22N4O. The molecule has 0 saturated carbocycles. The molecule has 0 aliphatic carbocycles. The summed E-state index contributed by atoms with van der Waals surface area (Å²) in [5, 5.41) is 10.7. The molecule has 0 radical (unpaired) electrons. The molecule has 5 nitrogen and oxygen atoms in total. The molecule has 100 valence electrons. The third kappa shape index (κ3) is 3.10. The van der Waals surface area contributed by atoms with Crippen LogP contribution in [0.5, 0.6) is 0 Å². The van der Waals surface area contributed by atoms with E-state index in [9.17, 15) is 4.79 Å². The van der Waals surface area contributed by atoms with E-state index in [1.54, 1.807) is 4.68 Å². The Kier molecular flexibility index (Phi) is 4.36. The predicted molar refractivity (Wildman–Crippen MR) is 70.6 cm³/mol. The van der Waals surface area contributed by atoms with Crippen molar-refractivity contribution >= 4 is 5.91 Å². The van der Waals surface area contributed by atoms with Gasteiger partial charge in [-0.05, 0) is 45.7 Å². The van der Waals surface area contributed by atoms with Crippen molar-refractivity contribution < 1.29 is 4.79 Å². The Bertz CT molecular complexity index is 407. The lowest BCUT2D eigenvalue weighted by molar-refractivity contribution is 0.0941. The Hall–Kier alpha value is -1.36. The van der Waals surface area contributed by atoms with E-state index in [4.69, 9.17) is 0 Å². The van der Waals surface area contributed by atoms with Crippen LogP contribution in [0.2, 0.25) is 0 Å². The van der Waals surface area contributed by atoms with E-state index in [2.05, 4.69) is 15.7 Å². The van der Waals surface area contributed by atoms with E-state index in [0.29, 0.717) is 11.7 Å². The highest BCUT2D eigenvalue weighted by Gasteiger charge is 2.15. The molecule has 0 spiro atoms. The zero-order valence-electron chi connectivity index (χ0n) is 11.2. The third-order valence-electron chi connectivity index (χ3n) is 3.38. The number of carbonyl (C=O) groups is 1. The predicted octanol–water partition coefficient (Wildman–Crippen LogP) is 1.08. The number of rotatable bonds is 5. The topological polar surface area (TPSA) is 59.0 Å². The smallest absolute Gasteiger partial charge is 0.269 e. The number of hydrogen-bond donors (Lipinski definition) is 2. The number of amides is 1. The maximum atomic E-state index is 12.0. The van der Waals surface area contributed by atoms with Crippen LogP contribution in [0.15, 0.2) is 6.07 Å². The maximum absolute atomic E-state index is 12.0. The third-order valence-corrected chi connectivity index (χ3v) is 3.38. The van der Waals surface area contributed by atoms with Gasteiger partial charge in [0.2, 0.25) is 0 Å². The fourth-order valence-corrected chi connectivity index (χ4v) is 2.42. The first-order valence-corrected chi connectivity index (χ1v) is 6.76. The molecule has 0 unspecified atom stereocenters. The number of aromatic nitrogens is 2. The Morgan fingerprint density at radius 2 is 2.50 bits per heavy atom. The van der Waals surface area contributed by atoms with Gasteiger partial charge in [-0.3, -0.25) is 9.48 Å². The van der Waals surface area contributed by atoms with Gasteiger partial charge in [0.25, 0.3) is 5.91 Å². The molecule has 1 fully saturated rings. The van der Waals surface area contributed by atoms with Gasteiger partial charge in [-0.15, -0.1) is 0 Å². The lowest BCUT2D eigenvalue weighted by Crippen LogP contribution is -2.31. The van der Waals surface area contributed by atoms with Crippen LogP contribution >= 0.6 is 0 Å². The van der Waals surface area contributed by atoms with Crippen LogP contribution in [0.3, 0.4) is 0 Å². The summed E-state index contributed by atoms with van der Waals surface area (Å²) in [4.78, 5) is 12.0. The number of hydrogen-bond acceptors (Lipinski definition) is 3. The summed E-state index contributed by atoms with van der Waals surface area (Å²) in [6, 6.07) is 2.41. The van der Waals surface area contributed by atoms with Gasteiger partial charge >= 0.3 is 0 Å². The van der Waals surface area contributed by atoms with Crippen molar-refractivity contribution in [2.75, 3.05) is 13.1 Å². The molecule has 1 amide bonds. The lowest BCUT2D eigenvalue weighted by Gasteiger charge is -2.11. The second-order valence-electron chi connectivity index (χ2n) is 4.82. The molecule has 2 N–H and O–H groups in total. The van der Waals surface area contributed by atoms with E-state index in [1.165, 1.54) is 12.8 Å². The van der Waals surface area contributed by atoms with Crippen molar-refractivity contribution in [2.24, 2.45) is 0 Å². The van der Waals surface area contributed by atoms with E-state index >= 15 is 0 Å². The maximum Gasteiger partial charge on any atom is 0.269 e. The Morgan fingerprint density at radius 3 is 3.17 bits per heavy atom. The average molecular weight is 250 g/mol. The van der Waals surface area contributed by atoms with Crippen LogP contribution in [0.4, 0.5) is 0 Å². The lowest BCUT2D eigenvalue weighted by atomic mass is 10.1. The van der Waals surface area contributed by atoms with E-state index in [-0.39, 0.29) is 5.91 Å². The summed E-state index contributed by atoms with van der Waals surface area (Å²) >= 11 is 0. The molecule has 5 heteroatoms. The average Bonchev–Trinajstić information content (AvgIpc) is 2.98. The summed E-state index contributed by atoms with van der Waals surface area (Å²) in [7, 11) is 0. The molecule has 2 rings (SSSR count). The molecule has 0 bridgehead atoms. The Labute approximate surface area is 108 Å². The minimum atomic E-state index is -0.0181. The van der Waals surface area contributed by atoms with Crippen molar-refractivity contribution in [1.82, 2.24) is 20.4 Å². The summed E-state index contributed by atoms with van der Waals surface area (Å²) < 4.78 is 1.75. The Balaban J connectivity index is 1.83. The standard InChI is InChI=1S/C13H22N4O/c1-3-17-12(9-10(2)16-17)13(18)15-8-6-11-5-4-7-14-11/h9,11,14H,3-8H2,1-2H3,(H,15,18)/t11-/m1/s1. The molecule has 1 aromatic rings. The summed E-state index contributed by atoms with van der Waals surface area (Å²) in [5.74, 6) is -0.0181. The van der Waals surface area contributed by atoms with Gasteiger partial charge in [-0.1, -0.05) is 0 Å². The van der Waals surface area contributed by atoms with Crippen molar-refractivity contribution in [1.29, 1.82) is 0 Å². The molecule has 1 aliphatic rings. The van der Waals surface area contributed by atoms with Gasteiger partial charge in [-0.25, -0.2) is 0 Å². The number of nitrogens with zero attached hydrogens (tertiary/aromatic N) is 2. The van der Waals surface area contributed by atoms with Crippen LogP contribution in [0.25, 0.3) is 0 Å². The summed E-state index contributed by atoms with van der Waals surface area (Å²) in [5.41, 5.74) is 1.55. The minimum absolute atomic E-state index is 0.0181. The molecule has 1 aromatic heterocycles. The summed E-state index contributed by atoms with van der Waals surface area (Å²) in [6.45, 7) is 6.46. The Morgan fingerprint density at radius 1 is 1.67 bits per heavy atom. The van der Waals surface area contributed by atoms with Crippen LogP contribution < -0.4 is 10.6 Å². The molecule has 1 aliphatic heterocycles. The molecular weight excluding hydrogens is 228 g/mol. The largest absolute Gasteiger partial charge is 0.351 e. The number of nitrogens with one attached hydrogen (secondary N) is 2. The summed E-state index contributed by atoms with van der Waals surface area (Å²) in [6.07, 6.45) is 3.48. The zero-order chi connectivity index (χ0) is 13.0. The van der Waals surface area contributed by atoms with Gasteiger partial charge < -0.3 is 10.6 Å². The molecule has 1 saturated heterocycles. The van der Waals surface area contributed by atoms with Crippen LogP contribution in [0, 0.1) is 6.92 Å². The van der Waals surface area contributed by atoms with E-state index in [0.717, 1.165) is 31.7 Å². The quantitative estimate of drug-likeness (QED) is 0.822. The normalized spacial score (nSPS) is 19.1. The molecule has 0 aromatic carbocycles. The van der Waals surface area contributed by atoms with Gasteiger partial charge in [0.05, 0.1) is 5.69 Å². The van der Waals surface area contributed by atoms with Crippen molar-refractivity contribution in [2.45, 2.75) is 45.7 Å². The number of carbonyl (C=O) groups excluding carboxylic acids is 1. The van der Waals surface area contributed by atoms with Gasteiger partial charge in [0.1, 0.15) is 5.69 Å². The van der Waals surface area contributed by atoms with Crippen molar-refractivity contribution in [3.63, 3.8) is 0 Å². The van der Waals surface area contributed by atoms with Crippen LogP contribution in [0.1, 0.15) is 42.4 Å². The van der Waals surface area contributed by atoms with E-state index < -0.39 is 0 Å². The minimum Gasteiger partial charge on any atom is -0.351 e. The highest BCUT2D eigenvalue weighted by atomic mass is 16.2. The molecule has 18 heavy (non-hydrogen) atoms. The fourth-order valence-electron chi connectivity index (χ4n) is 2.42. The highest BCUT2D eigenvalue weighted by molar-refractivity contribution is 5.92. The SMILES string of the molecule is CCn1nc(C)cc1C(=O)NCC[C@H]1CCCN1. The van der Waals surface area contributed by atoms with Crippen LogP contribution in [-0.4, -0.2) is 34.8 Å². The first-order valence-electron chi connectivity index (χ1n) is 6.76. The fraction of sp³-hybridized carbons (Fsp3) is 0.692. The van der Waals surface area contributed by atoms with E-state index in [1.807, 2.05) is 19.9 Å². The van der Waals surface area contributed by atoms with Gasteiger partial charge in [0.15, 0.2) is 0 Å². The van der Waals surface area contributed by atoms with Gasteiger partial charge in [0, 0.05) is 19.1 Å². The van der Waals surface area contributed by atoms with Gasteiger partial charge in [-0.2, -0.15) is 5.10 Å². The molecule has 2 heterocycles. The highest BCUT2D eigenvalue weighted by Crippen LogP contribution is 2.08. The first kappa shape index (κ1) is 13.1. The second-order valence-corrected chi connectivity index (χ2v) is 4.82. The van der Waals surface area contributed by atoms with Crippen molar-refractivity contribution in [3.8, 4) is 0 Å². The molecule has 1 atom stereocenters. The number of aryl methyl sites for hydroxylation is 2. The zero-order valence-corrected chi connectivity index (χ0v) is 11.2.